The molecule has 0 amide bonds. The van der Waals surface area contributed by atoms with E-state index in [-0.39, 0.29) is 29.8 Å². The normalized spacial score (nSPS) is 14.5. The summed E-state index contributed by atoms with van der Waals surface area (Å²) >= 11 is 0. The van der Waals surface area contributed by atoms with E-state index < -0.39 is 11.9 Å². The van der Waals surface area contributed by atoms with E-state index in [0.29, 0.717) is 6.10 Å². The first-order valence-electron chi connectivity index (χ1n) is 6.91. The number of carboxylic acid groups (broad SMARTS) is 2. The Bertz CT molecular complexity index is 328. The number of aliphatic carboxylic acids is 2. The van der Waals surface area contributed by atoms with Crippen LogP contribution in [0.3, 0.4) is 0 Å². The molecule has 0 saturated carbocycles. The van der Waals surface area contributed by atoms with Crippen LogP contribution in [0.2, 0.25) is 0 Å². The highest BCUT2D eigenvalue weighted by Crippen LogP contribution is 2.10. The lowest BCUT2D eigenvalue weighted by Gasteiger charge is -2.16. The van der Waals surface area contributed by atoms with Gasteiger partial charge in [-0.1, -0.05) is 27.0 Å². The molecule has 1 atom stereocenters. The van der Waals surface area contributed by atoms with Crippen LogP contribution in [0, 0.1) is 5.41 Å². The Hall–Kier alpha value is -1.70. The predicted molar refractivity (Wildman–Crippen MR) is 88.3 cm³/mol. The van der Waals surface area contributed by atoms with Crippen molar-refractivity contribution in [1.29, 1.82) is 0 Å². The lowest BCUT2D eigenvalue weighted by Crippen LogP contribution is -2.20. The molecule has 23 heavy (non-hydrogen) atoms. The molecule has 1 heterocycles. The van der Waals surface area contributed by atoms with Gasteiger partial charge in [0.1, 0.15) is 0 Å². The van der Waals surface area contributed by atoms with Crippen LogP contribution in [-0.4, -0.2) is 58.3 Å². The molecule has 1 aliphatic rings. The van der Waals surface area contributed by atoms with Crippen LogP contribution in [-0.2, 0) is 14.3 Å². The monoisotopic (exact) mass is 334 g/mol. The van der Waals surface area contributed by atoms with Gasteiger partial charge < -0.3 is 25.2 Å². The van der Waals surface area contributed by atoms with E-state index in [1.165, 1.54) is 13.8 Å². The van der Waals surface area contributed by atoms with Crippen molar-refractivity contribution in [2.24, 2.45) is 5.41 Å². The summed E-state index contributed by atoms with van der Waals surface area (Å²) in [4.78, 5) is 19.2. The van der Waals surface area contributed by atoms with Gasteiger partial charge in [-0.05, 0) is 20.8 Å². The van der Waals surface area contributed by atoms with Gasteiger partial charge in [0.25, 0.3) is 0 Å². The zero-order valence-corrected chi connectivity index (χ0v) is 14.6. The summed E-state index contributed by atoms with van der Waals surface area (Å²) in [5, 5.41) is 32.7. The second kappa shape index (κ2) is 13.9. The highest BCUT2D eigenvalue weighted by atomic mass is 16.6. The van der Waals surface area contributed by atoms with E-state index in [1.807, 2.05) is 0 Å². The van der Waals surface area contributed by atoms with E-state index in [9.17, 15) is 9.59 Å². The molecule has 0 aromatic carbocycles. The molecule has 0 aromatic heterocycles. The topological polar surface area (TPSA) is 128 Å². The van der Waals surface area contributed by atoms with Crippen LogP contribution < -0.4 is 0 Å². The third kappa shape index (κ3) is 29.0. The van der Waals surface area contributed by atoms with Crippen molar-refractivity contribution in [2.75, 3.05) is 19.8 Å². The Balaban J connectivity index is -0.000000235. The molecule has 1 saturated heterocycles. The molecule has 0 aromatic rings. The lowest BCUT2D eigenvalue weighted by molar-refractivity contribution is -0.133. The fourth-order valence-corrected chi connectivity index (χ4v) is 0.146. The van der Waals surface area contributed by atoms with Gasteiger partial charge >= 0.3 is 11.9 Å². The fourth-order valence-electron chi connectivity index (χ4n) is 0.146. The maximum absolute atomic E-state index is 9.60. The molecule has 1 unspecified atom stereocenters. The van der Waals surface area contributed by atoms with Gasteiger partial charge in [0.2, 0.25) is 0 Å². The van der Waals surface area contributed by atoms with Crippen molar-refractivity contribution in [3.63, 3.8) is 0 Å². The summed E-state index contributed by atoms with van der Waals surface area (Å²) in [5.41, 5.74) is 0.0463. The summed E-state index contributed by atoms with van der Waals surface area (Å²) in [6.45, 7) is 15.9. The maximum atomic E-state index is 9.60. The highest BCUT2D eigenvalue weighted by Gasteiger charge is 2.13. The third-order valence-corrected chi connectivity index (χ3v) is 2.09. The molecule has 4 N–H and O–H groups in total. The van der Waals surface area contributed by atoms with Crippen LogP contribution in [0.15, 0.2) is 24.3 Å². The molecular formula is C16H30O7. The molecule has 0 spiro atoms. The van der Waals surface area contributed by atoms with Crippen molar-refractivity contribution in [3.8, 4) is 0 Å². The fraction of sp³-hybridized carbons (Fsp3) is 0.625. The molecule has 7 heteroatoms. The lowest BCUT2D eigenvalue weighted by atomic mass is 9.97. The van der Waals surface area contributed by atoms with E-state index in [4.69, 9.17) is 25.2 Å². The van der Waals surface area contributed by atoms with E-state index in [0.717, 1.165) is 6.61 Å². The third-order valence-electron chi connectivity index (χ3n) is 2.09. The van der Waals surface area contributed by atoms with Gasteiger partial charge in [0.05, 0.1) is 25.9 Å². The molecular weight excluding hydrogens is 304 g/mol. The highest BCUT2D eigenvalue weighted by molar-refractivity contribution is 5.85. The minimum absolute atomic E-state index is 0.0451. The summed E-state index contributed by atoms with van der Waals surface area (Å²) in [7, 11) is 0. The number of hydrogen-bond acceptors (Lipinski definition) is 5. The van der Waals surface area contributed by atoms with Crippen molar-refractivity contribution in [3.05, 3.63) is 24.3 Å². The standard InChI is InChI=1S/C5H12O2.2C4H6O2.C3H6O/c1-5(2,3-6)4-7;2*1-3(2)4(5)6;1-3-2-4-3/h6-7H,3-4H2,1-2H3;2*1H2,2H3,(H,5,6);3H,2H2,1H3. The van der Waals surface area contributed by atoms with Crippen molar-refractivity contribution < 1.29 is 34.8 Å². The SMILES string of the molecule is C=C(C)C(=O)O.C=C(C)C(=O)O.CC(C)(CO)CO.CC1CO1. The number of ether oxygens (including phenoxy) is 1. The minimum atomic E-state index is -0.935. The Morgan fingerprint density at radius 2 is 1.22 bits per heavy atom. The van der Waals surface area contributed by atoms with Crippen molar-refractivity contribution in [1.82, 2.24) is 0 Å². The Morgan fingerprint density at radius 3 is 1.22 bits per heavy atom. The zero-order valence-electron chi connectivity index (χ0n) is 14.6. The zero-order chi connectivity index (χ0) is 19.2. The molecule has 0 aliphatic carbocycles. The van der Waals surface area contributed by atoms with Crippen LogP contribution in [0.5, 0.6) is 0 Å². The Kier molecular flexibility index (Phi) is 15.9. The second-order valence-electron chi connectivity index (χ2n) is 5.80. The van der Waals surface area contributed by atoms with Gasteiger partial charge in [-0.15, -0.1) is 0 Å². The van der Waals surface area contributed by atoms with Crippen LogP contribution in [0.25, 0.3) is 0 Å². The smallest absolute Gasteiger partial charge is 0.330 e. The Labute approximate surface area is 137 Å². The van der Waals surface area contributed by atoms with E-state index >= 15 is 0 Å². The van der Waals surface area contributed by atoms with Crippen LogP contribution in [0.1, 0.15) is 34.6 Å². The number of carbonyl (C=O) groups is 2. The molecule has 136 valence electrons. The van der Waals surface area contributed by atoms with Gasteiger partial charge in [0, 0.05) is 16.6 Å². The quantitative estimate of drug-likeness (QED) is 0.455. The largest absolute Gasteiger partial charge is 0.478 e. The van der Waals surface area contributed by atoms with E-state index in [2.05, 4.69) is 20.1 Å². The Morgan fingerprint density at radius 1 is 1.04 bits per heavy atom. The average molecular weight is 334 g/mol. The van der Waals surface area contributed by atoms with Crippen molar-refractivity contribution in [2.45, 2.75) is 40.7 Å². The molecule has 1 rings (SSSR count). The number of rotatable bonds is 4. The van der Waals surface area contributed by atoms with Crippen LogP contribution in [0.4, 0.5) is 0 Å². The maximum Gasteiger partial charge on any atom is 0.330 e. The van der Waals surface area contributed by atoms with Gasteiger partial charge in [-0.2, -0.15) is 0 Å². The number of aliphatic hydroxyl groups is 2. The van der Waals surface area contributed by atoms with Crippen LogP contribution >= 0.6 is 0 Å². The van der Waals surface area contributed by atoms with Gasteiger partial charge in [0.15, 0.2) is 0 Å². The summed E-state index contributed by atoms with van der Waals surface area (Å²) in [6.07, 6.45) is 0.583. The first kappa shape index (κ1) is 26.2. The first-order valence-corrected chi connectivity index (χ1v) is 6.91. The summed E-state index contributed by atoms with van der Waals surface area (Å²) in [5.74, 6) is -1.87. The predicted octanol–water partition coefficient (Wildman–Crippen LogP) is 1.70. The first-order chi connectivity index (χ1) is 10.3. The number of aliphatic hydroxyl groups excluding tert-OH is 2. The number of hydrogen-bond donors (Lipinski definition) is 4. The van der Waals surface area contributed by atoms with E-state index in [1.54, 1.807) is 13.8 Å². The number of carboxylic acids is 2. The average Bonchev–Trinajstić information content (AvgIpc) is 3.23. The summed E-state index contributed by atoms with van der Waals surface area (Å²) in [6, 6.07) is 0. The molecule has 0 bridgehead atoms. The molecule has 0 radical (unpaired) electrons. The number of epoxide rings is 1. The summed E-state index contributed by atoms with van der Waals surface area (Å²) < 4.78 is 4.71. The molecule has 1 aliphatic heterocycles. The molecule has 7 nitrogen and oxygen atoms in total. The van der Waals surface area contributed by atoms with Crippen molar-refractivity contribution >= 4 is 11.9 Å². The minimum Gasteiger partial charge on any atom is -0.478 e. The molecule has 1 fully saturated rings. The van der Waals surface area contributed by atoms with Gasteiger partial charge in [-0.25, -0.2) is 9.59 Å². The van der Waals surface area contributed by atoms with Gasteiger partial charge in [-0.3, -0.25) is 0 Å². The second-order valence-corrected chi connectivity index (χ2v) is 5.80.